The Balaban J connectivity index is 1.87. The minimum Gasteiger partial charge on any atom is -0.341 e. The van der Waals surface area contributed by atoms with Crippen molar-refractivity contribution in [2.75, 3.05) is 11.9 Å². The molecule has 0 spiro atoms. The van der Waals surface area contributed by atoms with Gasteiger partial charge in [0.05, 0.1) is 6.54 Å². The first-order chi connectivity index (χ1) is 13.5. The molecule has 4 rings (SSSR count). The number of benzene rings is 2. The Bertz CT molecular complexity index is 1220. The third-order valence-corrected chi connectivity index (χ3v) is 4.77. The maximum atomic E-state index is 12.6. The summed E-state index contributed by atoms with van der Waals surface area (Å²) in [6.07, 6.45) is 0. The maximum absolute atomic E-state index is 12.6. The summed E-state index contributed by atoms with van der Waals surface area (Å²) in [7, 11) is 3.55. The van der Waals surface area contributed by atoms with E-state index in [2.05, 4.69) is 9.97 Å². The van der Waals surface area contributed by atoms with Crippen molar-refractivity contribution in [3.05, 3.63) is 92.6 Å². The molecule has 2 aromatic heterocycles. The van der Waals surface area contributed by atoms with Crippen LogP contribution in [0.25, 0.3) is 11.2 Å². The van der Waals surface area contributed by atoms with Crippen LogP contribution in [-0.4, -0.2) is 26.1 Å². The van der Waals surface area contributed by atoms with Crippen molar-refractivity contribution in [1.82, 2.24) is 19.1 Å². The van der Waals surface area contributed by atoms with Gasteiger partial charge in [-0.1, -0.05) is 60.7 Å². The summed E-state index contributed by atoms with van der Waals surface area (Å²) in [5.74, 6) is 0.634. The number of hydrogen-bond acceptors (Lipinski definition) is 4. The minimum atomic E-state index is -0.473. The molecule has 142 valence electrons. The topological polar surface area (TPSA) is 75.9 Å². The number of imidazole rings is 1. The lowest BCUT2D eigenvalue weighted by atomic mass is 10.2. The highest BCUT2D eigenvalue weighted by molar-refractivity contribution is 5.74. The molecule has 7 heteroatoms. The summed E-state index contributed by atoms with van der Waals surface area (Å²) >= 11 is 0. The average Bonchev–Trinajstić information content (AvgIpc) is 3.08. The number of aromatic nitrogens is 4. The molecular weight excluding hydrogens is 354 g/mol. The molecule has 0 atom stereocenters. The first kappa shape index (κ1) is 17.8. The summed E-state index contributed by atoms with van der Waals surface area (Å²) in [4.78, 5) is 33.7. The Morgan fingerprint density at radius 3 is 2.21 bits per heavy atom. The Hall–Kier alpha value is -3.61. The van der Waals surface area contributed by atoms with E-state index >= 15 is 0 Å². The average molecular weight is 375 g/mol. The Kier molecular flexibility index (Phi) is 4.57. The van der Waals surface area contributed by atoms with Crippen LogP contribution in [-0.2, 0) is 20.1 Å². The Labute approximate surface area is 161 Å². The molecule has 1 N–H and O–H groups in total. The van der Waals surface area contributed by atoms with Crippen molar-refractivity contribution in [1.29, 1.82) is 0 Å². The van der Waals surface area contributed by atoms with Crippen molar-refractivity contribution in [2.24, 2.45) is 7.05 Å². The first-order valence-corrected chi connectivity index (χ1v) is 9.03. The smallest absolute Gasteiger partial charge is 0.329 e. The molecule has 28 heavy (non-hydrogen) atoms. The van der Waals surface area contributed by atoms with Crippen molar-refractivity contribution in [2.45, 2.75) is 13.1 Å². The molecular formula is C21H21N5O2. The molecule has 4 aromatic rings. The molecule has 0 aliphatic rings. The fourth-order valence-corrected chi connectivity index (χ4v) is 3.36. The molecule has 0 aliphatic carbocycles. The second-order valence-electron chi connectivity index (χ2n) is 6.82. The van der Waals surface area contributed by atoms with E-state index in [0.29, 0.717) is 30.2 Å². The fraction of sp³-hybridized carbons (Fsp3) is 0.190. The number of nitrogens with zero attached hydrogens (tertiary/aromatic N) is 4. The van der Waals surface area contributed by atoms with E-state index < -0.39 is 11.2 Å². The van der Waals surface area contributed by atoms with Gasteiger partial charge in [0.2, 0.25) is 5.95 Å². The van der Waals surface area contributed by atoms with E-state index in [9.17, 15) is 9.59 Å². The van der Waals surface area contributed by atoms with E-state index in [0.717, 1.165) is 11.1 Å². The molecule has 2 aromatic carbocycles. The van der Waals surface area contributed by atoms with Gasteiger partial charge < -0.3 is 4.90 Å². The lowest BCUT2D eigenvalue weighted by Crippen LogP contribution is -2.29. The highest BCUT2D eigenvalue weighted by atomic mass is 16.2. The van der Waals surface area contributed by atoms with Crippen LogP contribution in [0.3, 0.4) is 0 Å². The van der Waals surface area contributed by atoms with Crippen LogP contribution in [0.15, 0.2) is 70.3 Å². The monoisotopic (exact) mass is 375 g/mol. The number of aryl methyl sites for hydroxylation is 1. The number of hydrogen-bond donors (Lipinski definition) is 1. The number of aromatic amines is 1. The predicted molar refractivity (Wildman–Crippen MR) is 110 cm³/mol. The maximum Gasteiger partial charge on any atom is 0.329 e. The minimum absolute atomic E-state index is 0.375. The lowest BCUT2D eigenvalue weighted by molar-refractivity contribution is 0.763. The quantitative estimate of drug-likeness (QED) is 0.580. The summed E-state index contributed by atoms with van der Waals surface area (Å²) in [5.41, 5.74) is 2.04. The van der Waals surface area contributed by atoms with Crippen LogP contribution in [0, 0.1) is 0 Å². The molecule has 0 amide bonds. The molecule has 7 nitrogen and oxygen atoms in total. The highest BCUT2D eigenvalue weighted by Gasteiger charge is 2.20. The van der Waals surface area contributed by atoms with Crippen LogP contribution in [0.5, 0.6) is 0 Å². The Morgan fingerprint density at radius 2 is 1.57 bits per heavy atom. The lowest BCUT2D eigenvalue weighted by Gasteiger charge is -2.20. The van der Waals surface area contributed by atoms with E-state index in [1.165, 1.54) is 4.57 Å². The molecule has 0 saturated heterocycles. The van der Waals surface area contributed by atoms with Gasteiger partial charge in [0.25, 0.3) is 5.56 Å². The van der Waals surface area contributed by atoms with E-state index in [-0.39, 0.29) is 0 Å². The van der Waals surface area contributed by atoms with Gasteiger partial charge in [0.15, 0.2) is 11.2 Å². The third-order valence-electron chi connectivity index (χ3n) is 4.77. The zero-order valence-corrected chi connectivity index (χ0v) is 15.8. The van der Waals surface area contributed by atoms with Gasteiger partial charge in [-0.25, -0.2) is 4.79 Å². The highest BCUT2D eigenvalue weighted by Crippen LogP contribution is 2.21. The van der Waals surface area contributed by atoms with E-state index in [1.807, 2.05) is 77.2 Å². The van der Waals surface area contributed by atoms with Crippen LogP contribution in [0.4, 0.5) is 5.95 Å². The van der Waals surface area contributed by atoms with Crippen molar-refractivity contribution < 1.29 is 0 Å². The molecule has 0 aliphatic heterocycles. The molecule has 0 unspecified atom stereocenters. The van der Waals surface area contributed by atoms with Gasteiger partial charge in [0.1, 0.15) is 0 Å². The van der Waals surface area contributed by atoms with Crippen molar-refractivity contribution in [3.63, 3.8) is 0 Å². The van der Waals surface area contributed by atoms with Gasteiger partial charge in [0, 0.05) is 20.6 Å². The van der Waals surface area contributed by atoms with Crippen LogP contribution >= 0.6 is 0 Å². The first-order valence-electron chi connectivity index (χ1n) is 9.03. The summed E-state index contributed by atoms with van der Waals surface area (Å²) < 4.78 is 3.24. The number of nitrogens with one attached hydrogen (secondary N) is 1. The molecule has 0 saturated carbocycles. The fourth-order valence-electron chi connectivity index (χ4n) is 3.36. The van der Waals surface area contributed by atoms with Crippen molar-refractivity contribution >= 4 is 17.1 Å². The second-order valence-corrected chi connectivity index (χ2v) is 6.82. The molecule has 0 bridgehead atoms. The van der Waals surface area contributed by atoms with E-state index in [4.69, 9.17) is 0 Å². The molecule has 0 radical (unpaired) electrons. The van der Waals surface area contributed by atoms with Gasteiger partial charge >= 0.3 is 5.69 Å². The Morgan fingerprint density at radius 1 is 0.964 bits per heavy atom. The predicted octanol–water partition coefficient (Wildman–Crippen LogP) is 2.11. The van der Waals surface area contributed by atoms with Crippen LogP contribution in [0.1, 0.15) is 11.1 Å². The van der Waals surface area contributed by atoms with Crippen LogP contribution < -0.4 is 16.1 Å². The summed E-state index contributed by atoms with van der Waals surface area (Å²) in [5, 5.41) is 0. The van der Waals surface area contributed by atoms with E-state index in [1.54, 1.807) is 7.05 Å². The van der Waals surface area contributed by atoms with Gasteiger partial charge in [-0.05, 0) is 11.1 Å². The number of rotatable bonds is 5. The van der Waals surface area contributed by atoms with Gasteiger partial charge in [-0.2, -0.15) is 4.98 Å². The third kappa shape index (κ3) is 3.22. The molecule has 0 fully saturated rings. The number of fused-ring (bicyclic) bond motifs is 1. The van der Waals surface area contributed by atoms with Crippen molar-refractivity contribution in [3.8, 4) is 0 Å². The van der Waals surface area contributed by atoms with Crippen LogP contribution in [0.2, 0.25) is 0 Å². The standard InChI is InChI=1S/C21H21N5O2/c1-24(13-15-9-5-3-6-10-15)20-22-18-17(19(27)23-21(28)25(18)2)26(20)14-16-11-7-4-8-12-16/h3-12H,13-14H2,1-2H3,(H,23,27,28). The summed E-state index contributed by atoms with van der Waals surface area (Å²) in [6, 6.07) is 19.9. The normalized spacial score (nSPS) is 11.1. The largest absolute Gasteiger partial charge is 0.341 e. The number of H-pyrrole nitrogens is 1. The molecule has 2 heterocycles. The number of anilines is 1. The zero-order valence-electron chi connectivity index (χ0n) is 15.8. The summed E-state index contributed by atoms with van der Waals surface area (Å²) in [6.45, 7) is 1.11. The second kappa shape index (κ2) is 7.19. The van der Waals surface area contributed by atoms with Gasteiger partial charge in [-0.3, -0.25) is 18.9 Å². The SMILES string of the molecule is CN(Cc1ccccc1)c1nc2c(c(=O)[nH]c(=O)n2C)n1Cc1ccccc1. The zero-order chi connectivity index (χ0) is 19.7. The van der Waals surface area contributed by atoms with Gasteiger partial charge in [-0.15, -0.1) is 0 Å².